The van der Waals surface area contributed by atoms with Crippen LogP contribution in [0.3, 0.4) is 0 Å². The SMILES string of the molecule is N#Cc1ccc2c(c1)c1ccccc1n2-c1cc(-c2ccc3sc4ccccc4c3c2)cc(-c2ccccc2-c2ccccc2C#N)c1. The maximum absolute atomic E-state index is 10.0. The predicted octanol–water partition coefficient (Wildman–Crippen LogP) is 11.9. The standard InChI is InChI=1S/C44H25N3S/c45-26-28-17-19-42-39(21-28)37-13-5-7-15-41(37)47(42)33-23-31(29-18-20-44-40(25-29)38-14-6-8-16-43(38)48-44)22-32(24-33)35-11-3-4-12-36(35)34-10-2-1-9-30(34)27-46/h1-25H. The minimum Gasteiger partial charge on any atom is -0.309 e. The summed E-state index contributed by atoms with van der Waals surface area (Å²) < 4.78 is 4.86. The van der Waals surface area contributed by atoms with Gasteiger partial charge in [0.1, 0.15) is 0 Å². The van der Waals surface area contributed by atoms with Gasteiger partial charge in [-0.25, -0.2) is 0 Å². The lowest BCUT2D eigenvalue weighted by molar-refractivity contribution is 1.18. The van der Waals surface area contributed by atoms with Gasteiger partial charge >= 0.3 is 0 Å². The summed E-state index contributed by atoms with van der Waals surface area (Å²) in [6.45, 7) is 0. The van der Waals surface area contributed by atoms with Crippen molar-refractivity contribution in [3.05, 3.63) is 163 Å². The molecule has 0 atom stereocenters. The number of nitrogens with zero attached hydrogens (tertiary/aromatic N) is 3. The Hall–Kier alpha value is -6.46. The highest BCUT2D eigenvalue weighted by atomic mass is 32.1. The van der Waals surface area contributed by atoms with Gasteiger partial charge in [0.25, 0.3) is 0 Å². The second-order valence-electron chi connectivity index (χ2n) is 12.0. The molecular formula is C44H25N3S. The number of fused-ring (bicyclic) bond motifs is 6. The number of hydrogen-bond acceptors (Lipinski definition) is 3. The molecule has 0 aliphatic heterocycles. The second kappa shape index (κ2) is 11.1. The van der Waals surface area contributed by atoms with Crippen LogP contribution in [-0.4, -0.2) is 4.57 Å². The molecule has 7 aromatic carbocycles. The van der Waals surface area contributed by atoms with Crippen LogP contribution in [0.15, 0.2) is 152 Å². The predicted molar refractivity (Wildman–Crippen MR) is 199 cm³/mol. The molecule has 3 nitrogen and oxygen atoms in total. The molecule has 0 radical (unpaired) electrons. The minimum absolute atomic E-state index is 0.640. The average Bonchev–Trinajstić information content (AvgIpc) is 3.69. The summed E-state index contributed by atoms with van der Waals surface area (Å²) in [6, 6.07) is 57.4. The van der Waals surface area contributed by atoms with Crippen molar-refractivity contribution in [2.24, 2.45) is 0 Å². The Morgan fingerprint density at radius 2 is 1.12 bits per heavy atom. The topological polar surface area (TPSA) is 52.5 Å². The number of thiophene rings is 1. The van der Waals surface area contributed by atoms with Crippen molar-refractivity contribution >= 4 is 53.3 Å². The van der Waals surface area contributed by atoms with Crippen molar-refractivity contribution in [2.75, 3.05) is 0 Å². The van der Waals surface area contributed by atoms with Crippen LogP contribution in [-0.2, 0) is 0 Å². The fraction of sp³-hybridized carbons (Fsp3) is 0. The van der Waals surface area contributed by atoms with Crippen LogP contribution >= 0.6 is 11.3 Å². The second-order valence-corrected chi connectivity index (χ2v) is 13.1. The monoisotopic (exact) mass is 627 g/mol. The van der Waals surface area contributed by atoms with Crippen molar-refractivity contribution in [3.8, 4) is 51.2 Å². The number of rotatable bonds is 4. The van der Waals surface area contributed by atoms with Gasteiger partial charge in [0.2, 0.25) is 0 Å². The molecular weight excluding hydrogens is 603 g/mol. The van der Waals surface area contributed by atoms with Gasteiger partial charge in [0, 0.05) is 42.2 Å². The summed E-state index contributed by atoms with van der Waals surface area (Å²) in [7, 11) is 0. The van der Waals surface area contributed by atoms with Crippen molar-refractivity contribution in [1.29, 1.82) is 10.5 Å². The maximum atomic E-state index is 10.0. The lowest BCUT2D eigenvalue weighted by atomic mass is 9.90. The molecule has 0 bridgehead atoms. The quantitative estimate of drug-likeness (QED) is 0.195. The van der Waals surface area contributed by atoms with E-state index < -0.39 is 0 Å². The van der Waals surface area contributed by atoms with Gasteiger partial charge in [0.05, 0.1) is 34.3 Å². The highest BCUT2D eigenvalue weighted by Gasteiger charge is 2.18. The van der Waals surface area contributed by atoms with Crippen LogP contribution < -0.4 is 0 Å². The Balaban J connectivity index is 1.35. The maximum Gasteiger partial charge on any atom is 0.0998 e. The number of benzene rings is 7. The Morgan fingerprint density at radius 1 is 0.438 bits per heavy atom. The third-order valence-corrected chi connectivity index (χ3v) is 10.4. The average molecular weight is 628 g/mol. The Morgan fingerprint density at radius 3 is 1.98 bits per heavy atom. The van der Waals surface area contributed by atoms with Gasteiger partial charge < -0.3 is 4.57 Å². The fourth-order valence-corrected chi connectivity index (χ4v) is 8.16. The third kappa shape index (κ3) is 4.40. The van der Waals surface area contributed by atoms with E-state index in [0.717, 1.165) is 60.9 Å². The molecule has 0 aliphatic rings. The molecule has 0 spiro atoms. The number of para-hydroxylation sites is 1. The van der Waals surface area contributed by atoms with E-state index in [2.05, 4.69) is 126 Å². The van der Waals surface area contributed by atoms with E-state index in [1.165, 1.54) is 20.2 Å². The molecule has 2 aromatic heterocycles. The summed E-state index contributed by atoms with van der Waals surface area (Å²) in [5.41, 5.74) is 10.7. The zero-order chi connectivity index (χ0) is 32.2. The van der Waals surface area contributed by atoms with Crippen LogP contribution in [0.25, 0.3) is 81.0 Å². The van der Waals surface area contributed by atoms with Crippen LogP contribution in [0.4, 0.5) is 0 Å². The molecule has 0 aliphatic carbocycles. The van der Waals surface area contributed by atoms with Gasteiger partial charge in [-0.05, 0) is 94.5 Å². The summed E-state index contributed by atoms with van der Waals surface area (Å²) in [5.74, 6) is 0. The summed E-state index contributed by atoms with van der Waals surface area (Å²) in [4.78, 5) is 0. The molecule has 9 rings (SSSR count). The van der Waals surface area contributed by atoms with Crippen LogP contribution in [0.5, 0.6) is 0 Å². The van der Waals surface area contributed by atoms with E-state index >= 15 is 0 Å². The molecule has 0 saturated heterocycles. The Kier molecular flexibility index (Phi) is 6.44. The molecule has 0 N–H and O–H groups in total. The van der Waals surface area contributed by atoms with Crippen molar-refractivity contribution in [1.82, 2.24) is 4.57 Å². The van der Waals surface area contributed by atoms with Crippen LogP contribution in [0.1, 0.15) is 11.1 Å². The molecule has 4 heteroatoms. The molecule has 0 fully saturated rings. The fourth-order valence-electron chi connectivity index (χ4n) is 7.07. The first-order chi connectivity index (χ1) is 23.7. The first-order valence-corrected chi connectivity index (χ1v) is 16.6. The molecule has 222 valence electrons. The van der Waals surface area contributed by atoms with Crippen LogP contribution in [0, 0.1) is 22.7 Å². The highest BCUT2D eigenvalue weighted by molar-refractivity contribution is 7.25. The largest absolute Gasteiger partial charge is 0.309 e. The summed E-state index contributed by atoms with van der Waals surface area (Å²) >= 11 is 1.82. The van der Waals surface area contributed by atoms with Crippen molar-refractivity contribution in [3.63, 3.8) is 0 Å². The summed E-state index contributed by atoms with van der Waals surface area (Å²) in [5, 5.41) is 24.4. The number of nitriles is 2. The van der Waals surface area contributed by atoms with E-state index in [0.29, 0.717) is 11.1 Å². The first kappa shape index (κ1) is 27.8. The molecule has 48 heavy (non-hydrogen) atoms. The van der Waals surface area contributed by atoms with Gasteiger partial charge in [-0.15, -0.1) is 11.3 Å². The molecule has 0 unspecified atom stereocenters. The molecule has 2 heterocycles. The lowest BCUT2D eigenvalue weighted by Crippen LogP contribution is -1.97. The zero-order valence-corrected chi connectivity index (χ0v) is 26.5. The molecule has 9 aromatic rings. The lowest BCUT2D eigenvalue weighted by Gasteiger charge is -2.16. The van der Waals surface area contributed by atoms with E-state index in [1.54, 1.807) is 0 Å². The molecule has 0 amide bonds. The van der Waals surface area contributed by atoms with Crippen molar-refractivity contribution < 1.29 is 0 Å². The Bertz CT molecular complexity index is 2820. The summed E-state index contributed by atoms with van der Waals surface area (Å²) in [6.07, 6.45) is 0. The number of hydrogen-bond donors (Lipinski definition) is 0. The van der Waals surface area contributed by atoms with E-state index in [-0.39, 0.29) is 0 Å². The molecule has 0 saturated carbocycles. The normalized spacial score (nSPS) is 11.3. The van der Waals surface area contributed by atoms with Crippen LogP contribution in [0.2, 0.25) is 0 Å². The Labute approximate surface area is 281 Å². The van der Waals surface area contributed by atoms with Gasteiger partial charge in [-0.3, -0.25) is 0 Å². The smallest absolute Gasteiger partial charge is 0.0998 e. The highest BCUT2D eigenvalue weighted by Crippen LogP contribution is 2.41. The minimum atomic E-state index is 0.640. The third-order valence-electron chi connectivity index (χ3n) is 9.26. The van der Waals surface area contributed by atoms with E-state index in [1.807, 2.05) is 53.8 Å². The van der Waals surface area contributed by atoms with Gasteiger partial charge in [-0.1, -0.05) is 84.9 Å². The van der Waals surface area contributed by atoms with E-state index in [9.17, 15) is 10.5 Å². The zero-order valence-electron chi connectivity index (χ0n) is 25.7. The first-order valence-electron chi connectivity index (χ1n) is 15.8. The van der Waals surface area contributed by atoms with Crippen molar-refractivity contribution in [2.45, 2.75) is 0 Å². The van der Waals surface area contributed by atoms with E-state index in [4.69, 9.17) is 0 Å². The van der Waals surface area contributed by atoms with Gasteiger partial charge in [-0.2, -0.15) is 10.5 Å². The van der Waals surface area contributed by atoms with Gasteiger partial charge in [0.15, 0.2) is 0 Å². The number of aromatic nitrogens is 1.